The zero-order chi connectivity index (χ0) is 30.8. The van der Waals surface area contributed by atoms with Crippen LogP contribution in [-0.2, 0) is 16.1 Å². The number of benzene rings is 3. The molecule has 1 atom stereocenters. The van der Waals surface area contributed by atoms with Crippen molar-refractivity contribution in [1.29, 1.82) is 0 Å². The summed E-state index contributed by atoms with van der Waals surface area (Å²) in [6.45, 7) is 3.76. The van der Waals surface area contributed by atoms with E-state index in [1.807, 2.05) is 6.07 Å². The average molecular weight is 753 g/mol. The van der Waals surface area contributed by atoms with Crippen LogP contribution in [0.25, 0.3) is 6.08 Å². The number of rotatable bonds is 8. The minimum atomic E-state index is -0.830. The number of fused-ring (bicyclic) bond motifs is 1. The van der Waals surface area contributed by atoms with Crippen molar-refractivity contribution < 1.29 is 23.4 Å². The van der Waals surface area contributed by atoms with Crippen LogP contribution in [0, 0.1) is 9.39 Å². The number of allylic oxidation sites excluding steroid dienone is 1. The van der Waals surface area contributed by atoms with Crippen LogP contribution in [0.3, 0.4) is 0 Å². The van der Waals surface area contributed by atoms with Crippen molar-refractivity contribution in [2.45, 2.75) is 26.5 Å². The number of methoxy groups -OCH3 is 1. The van der Waals surface area contributed by atoms with E-state index >= 15 is 0 Å². The van der Waals surface area contributed by atoms with Crippen molar-refractivity contribution in [3.05, 3.63) is 122 Å². The number of hydrogen-bond acceptors (Lipinski definition) is 7. The van der Waals surface area contributed by atoms with E-state index in [2.05, 4.69) is 27.6 Å². The van der Waals surface area contributed by atoms with Gasteiger partial charge in [-0.25, -0.2) is 14.2 Å². The molecule has 5 rings (SSSR count). The first kappa shape index (κ1) is 31.2. The quantitative estimate of drug-likeness (QED) is 0.153. The SMILES string of the molecule is CCOC(=O)C1=C(C)N=c2s/c(=C\c3cc(I)c(OCc4ccc(Cl)cc4Cl)c(OC)c3)c(=O)n2[C@H]1c1ccc(F)cc1. The van der Waals surface area contributed by atoms with Gasteiger partial charge in [-0.1, -0.05) is 52.7 Å². The minimum absolute atomic E-state index is 0.156. The summed E-state index contributed by atoms with van der Waals surface area (Å²) in [6.07, 6.45) is 1.74. The third-order valence-electron chi connectivity index (χ3n) is 6.64. The summed E-state index contributed by atoms with van der Waals surface area (Å²) in [6, 6.07) is 13.7. The van der Waals surface area contributed by atoms with E-state index in [0.29, 0.717) is 47.7 Å². The second kappa shape index (κ2) is 13.2. The average Bonchev–Trinajstić information content (AvgIpc) is 3.26. The van der Waals surface area contributed by atoms with Gasteiger partial charge in [0.25, 0.3) is 5.56 Å². The van der Waals surface area contributed by atoms with E-state index in [-0.39, 0.29) is 24.3 Å². The van der Waals surface area contributed by atoms with E-state index < -0.39 is 17.8 Å². The Labute approximate surface area is 274 Å². The molecule has 3 aromatic carbocycles. The van der Waals surface area contributed by atoms with Crippen LogP contribution in [0.2, 0.25) is 10.0 Å². The maximum atomic E-state index is 13.9. The number of carbonyl (C=O) groups excluding carboxylic acids is 1. The van der Waals surface area contributed by atoms with Gasteiger partial charge in [0.05, 0.1) is 39.1 Å². The van der Waals surface area contributed by atoms with Crippen molar-refractivity contribution >= 4 is 69.2 Å². The summed E-state index contributed by atoms with van der Waals surface area (Å²) in [7, 11) is 1.54. The number of thiazole rings is 1. The molecule has 0 N–H and O–H groups in total. The van der Waals surface area contributed by atoms with E-state index in [9.17, 15) is 14.0 Å². The molecule has 7 nitrogen and oxygen atoms in total. The molecule has 0 fully saturated rings. The fraction of sp³-hybridized carbons (Fsp3) is 0.194. The maximum Gasteiger partial charge on any atom is 0.338 e. The van der Waals surface area contributed by atoms with Gasteiger partial charge in [0, 0.05) is 15.6 Å². The highest BCUT2D eigenvalue weighted by Crippen LogP contribution is 2.36. The number of halogens is 4. The van der Waals surface area contributed by atoms with E-state index in [0.717, 1.165) is 9.13 Å². The second-order valence-electron chi connectivity index (χ2n) is 9.41. The van der Waals surface area contributed by atoms with Gasteiger partial charge in [0.15, 0.2) is 16.3 Å². The van der Waals surface area contributed by atoms with Gasteiger partial charge in [0.1, 0.15) is 12.4 Å². The van der Waals surface area contributed by atoms with Gasteiger partial charge in [-0.2, -0.15) is 0 Å². The lowest BCUT2D eigenvalue weighted by atomic mass is 9.96. The maximum absolute atomic E-state index is 13.9. The highest BCUT2D eigenvalue weighted by molar-refractivity contribution is 14.1. The predicted molar refractivity (Wildman–Crippen MR) is 173 cm³/mol. The van der Waals surface area contributed by atoms with Gasteiger partial charge in [-0.3, -0.25) is 9.36 Å². The molecule has 2 heterocycles. The third kappa shape index (κ3) is 6.52. The standard InChI is InChI=1S/C31H24Cl2FIN2O5S/c1-4-41-30(39)26-16(2)36-31-37(27(26)18-6-9-21(34)10-7-18)29(38)25(43-31)13-17-11-23(35)28(24(12-17)40-3)42-15-19-5-8-20(32)14-22(19)33/h5-14,27H,4,15H2,1-3H3/b25-13-/t27-/m0/s1. The van der Waals surface area contributed by atoms with Crippen molar-refractivity contribution in [3.8, 4) is 11.5 Å². The van der Waals surface area contributed by atoms with Gasteiger partial charge in [-0.15, -0.1) is 0 Å². The molecule has 43 heavy (non-hydrogen) atoms. The Balaban J connectivity index is 1.56. The molecule has 1 aliphatic rings. The Hall–Kier alpha value is -3.19. The second-order valence-corrected chi connectivity index (χ2v) is 12.4. The summed E-state index contributed by atoms with van der Waals surface area (Å²) in [5, 5.41) is 1.03. The summed E-state index contributed by atoms with van der Waals surface area (Å²) in [5.41, 5.74) is 2.33. The van der Waals surface area contributed by atoms with Crippen molar-refractivity contribution in [2.75, 3.05) is 13.7 Å². The number of hydrogen-bond donors (Lipinski definition) is 0. The first-order valence-electron chi connectivity index (χ1n) is 13.0. The molecule has 0 aliphatic carbocycles. The first-order chi connectivity index (χ1) is 20.6. The van der Waals surface area contributed by atoms with Crippen LogP contribution in [0.1, 0.15) is 36.6 Å². The molecule has 1 aliphatic heterocycles. The molecule has 0 bridgehead atoms. The van der Waals surface area contributed by atoms with E-state index in [4.69, 9.17) is 37.4 Å². The van der Waals surface area contributed by atoms with Crippen molar-refractivity contribution in [2.24, 2.45) is 4.99 Å². The highest BCUT2D eigenvalue weighted by Gasteiger charge is 2.33. The Morgan fingerprint density at radius 2 is 1.91 bits per heavy atom. The first-order valence-corrected chi connectivity index (χ1v) is 15.7. The summed E-state index contributed by atoms with van der Waals surface area (Å²) in [4.78, 5) is 31.9. The van der Waals surface area contributed by atoms with Crippen LogP contribution in [-0.4, -0.2) is 24.3 Å². The Morgan fingerprint density at radius 3 is 2.58 bits per heavy atom. The molecule has 0 saturated carbocycles. The molecule has 0 radical (unpaired) electrons. The van der Waals surface area contributed by atoms with Crippen LogP contribution in [0.4, 0.5) is 4.39 Å². The van der Waals surface area contributed by atoms with Crippen LogP contribution < -0.4 is 24.4 Å². The Bertz CT molecular complexity index is 1940. The Morgan fingerprint density at radius 1 is 1.16 bits per heavy atom. The van der Waals surface area contributed by atoms with Gasteiger partial charge in [-0.05, 0) is 90.0 Å². The van der Waals surface area contributed by atoms with Crippen LogP contribution in [0.15, 0.2) is 75.7 Å². The lowest BCUT2D eigenvalue weighted by Gasteiger charge is -2.24. The van der Waals surface area contributed by atoms with E-state index in [1.165, 1.54) is 35.1 Å². The molecule has 222 valence electrons. The highest BCUT2D eigenvalue weighted by atomic mass is 127. The smallest absolute Gasteiger partial charge is 0.338 e. The lowest BCUT2D eigenvalue weighted by Crippen LogP contribution is -2.39. The molecular formula is C31H24Cl2FIN2O5S. The minimum Gasteiger partial charge on any atom is -0.493 e. The molecule has 0 unspecified atom stereocenters. The molecule has 1 aromatic heterocycles. The topological polar surface area (TPSA) is 79.1 Å². The van der Waals surface area contributed by atoms with Gasteiger partial charge in [0.2, 0.25) is 0 Å². The van der Waals surface area contributed by atoms with E-state index in [1.54, 1.807) is 56.3 Å². The number of aromatic nitrogens is 1. The fourth-order valence-corrected chi connectivity index (χ4v) is 6.95. The zero-order valence-corrected chi connectivity index (χ0v) is 27.6. The monoisotopic (exact) mass is 752 g/mol. The van der Waals surface area contributed by atoms with Gasteiger partial charge < -0.3 is 14.2 Å². The molecule has 4 aromatic rings. The summed E-state index contributed by atoms with van der Waals surface area (Å²) in [5.74, 6) is -0.0108. The lowest BCUT2D eigenvalue weighted by molar-refractivity contribution is -0.139. The summed E-state index contributed by atoms with van der Waals surface area (Å²) >= 11 is 15.6. The summed E-state index contributed by atoms with van der Waals surface area (Å²) < 4.78 is 33.4. The predicted octanol–water partition coefficient (Wildman–Crippen LogP) is 6.44. The number of carbonyl (C=O) groups is 1. The number of ether oxygens (including phenoxy) is 3. The number of esters is 1. The van der Waals surface area contributed by atoms with Crippen LogP contribution in [0.5, 0.6) is 11.5 Å². The largest absolute Gasteiger partial charge is 0.493 e. The van der Waals surface area contributed by atoms with Crippen molar-refractivity contribution in [1.82, 2.24) is 4.57 Å². The molecule has 0 spiro atoms. The molecule has 0 saturated heterocycles. The Kier molecular flexibility index (Phi) is 9.60. The molecule has 12 heteroatoms. The van der Waals surface area contributed by atoms with Gasteiger partial charge >= 0.3 is 5.97 Å². The van der Waals surface area contributed by atoms with Crippen molar-refractivity contribution in [3.63, 3.8) is 0 Å². The molecule has 0 amide bonds. The third-order valence-corrected chi connectivity index (χ3v) is 9.01. The zero-order valence-electron chi connectivity index (χ0n) is 23.1. The fourth-order valence-electron chi connectivity index (χ4n) is 4.66. The normalized spacial score (nSPS) is 14.8. The molecular weight excluding hydrogens is 729 g/mol. The van der Waals surface area contributed by atoms with Crippen LogP contribution >= 0.6 is 57.1 Å². The number of nitrogens with zero attached hydrogens (tertiary/aromatic N) is 2.